The quantitative estimate of drug-likeness (QED) is 0.0106. The summed E-state index contributed by atoms with van der Waals surface area (Å²) in [4.78, 5) is 21.7. The van der Waals surface area contributed by atoms with Crippen molar-refractivity contribution >= 4 is 130 Å². The van der Waals surface area contributed by atoms with Crippen molar-refractivity contribution in [1.29, 1.82) is 0 Å². The minimum atomic E-state index is -6.17. The zero-order valence-electron chi connectivity index (χ0n) is 43.3. The molecule has 4 aromatic rings. The summed E-state index contributed by atoms with van der Waals surface area (Å²) in [6.45, 7) is 19.0. The molecular weight excluding hydrogens is 1330 g/mol. The highest BCUT2D eigenvalue weighted by Crippen LogP contribution is 2.54. The van der Waals surface area contributed by atoms with E-state index in [9.17, 15) is 26.4 Å². The van der Waals surface area contributed by atoms with Crippen molar-refractivity contribution < 1.29 is 57.9 Å². The van der Waals surface area contributed by atoms with Crippen molar-refractivity contribution in [3.63, 3.8) is 0 Å². The highest BCUT2D eigenvalue weighted by Gasteiger charge is 2.35. The molecule has 1 aliphatic carbocycles. The van der Waals surface area contributed by atoms with Crippen molar-refractivity contribution in [2.45, 2.75) is 95.3 Å². The molecule has 4 aromatic carbocycles. The summed E-state index contributed by atoms with van der Waals surface area (Å²) >= 11 is 13.9. The molecule has 13 nitrogen and oxygen atoms in total. The minimum absolute atomic E-state index is 0.0443. The first kappa shape index (κ1) is 62.2. The molecule has 0 saturated heterocycles. The number of hydrogen-bond donors (Lipinski definition) is 1. The second kappa shape index (κ2) is 26.0. The lowest BCUT2D eigenvalue weighted by molar-refractivity contribution is -0.147. The summed E-state index contributed by atoms with van der Waals surface area (Å²) in [5, 5.41) is 3.44. The van der Waals surface area contributed by atoms with Gasteiger partial charge in [-0.2, -0.15) is 0 Å². The van der Waals surface area contributed by atoms with Crippen molar-refractivity contribution in [2.24, 2.45) is 5.92 Å². The number of amides is 1. The van der Waals surface area contributed by atoms with Crippen LogP contribution in [-0.2, 0) is 34.3 Å². The van der Waals surface area contributed by atoms with Crippen LogP contribution in [-0.4, -0.2) is 74.0 Å². The van der Waals surface area contributed by atoms with Gasteiger partial charge in [-0.3, -0.25) is 4.79 Å². The molecule has 0 radical (unpaired) electrons. The molecule has 416 valence electrons. The van der Waals surface area contributed by atoms with Gasteiger partial charge in [0.05, 0.1) is 32.8 Å². The number of esters is 1. The normalized spacial score (nSPS) is 12.5. The van der Waals surface area contributed by atoms with Crippen LogP contribution in [0.1, 0.15) is 91.7 Å². The molecular formula is C53H56Br4F4N4O9S3. The van der Waals surface area contributed by atoms with Crippen LogP contribution >= 0.6 is 75.5 Å². The van der Waals surface area contributed by atoms with Crippen LogP contribution in [0.15, 0.2) is 91.6 Å². The van der Waals surface area contributed by atoms with Crippen molar-refractivity contribution in [2.75, 3.05) is 50.0 Å². The van der Waals surface area contributed by atoms with Crippen LogP contribution in [0.4, 0.5) is 33.7 Å². The lowest BCUT2D eigenvalue weighted by Gasteiger charge is -2.31. The average molecular weight is 1380 g/mol. The van der Waals surface area contributed by atoms with Gasteiger partial charge in [0, 0.05) is 71.3 Å². The SMILES string of the molecule is CCC(C)C(=O)OCCNC(=O)OCCSc1c(F)c(F)c(S(=O)(=O)[N-]S(=O)(=O)c2c(Br)c(Br)c(Br)c(Br)c2-c2c3ccc(=[N+](CC)CC)cc-3oc3cc(N(CC)c4c(C(C)C)cccc4C(C)C)ccc23)c(F)c1F. The highest BCUT2D eigenvalue weighted by molar-refractivity contribution is 9.15. The fourth-order valence-electron chi connectivity index (χ4n) is 8.55. The Bertz CT molecular complexity index is 3470. The molecule has 0 fully saturated rings. The number of carbonyl (C=O) groups excluding carboxylic acids is 2. The molecule has 1 heterocycles. The maximum atomic E-state index is 15.9. The number of nitrogens with zero attached hydrogens (tertiary/aromatic N) is 3. The summed E-state index contributed by atoms with van der Waals surface area (Å²) in [6, 6.07) is 17.1. The molecule has 1 amide bonds. The van der Waals surface area contributed by atoms with Gasteiger partial charge in [-0.15, -0.1) is 11.8 Å². The molecule has 0 aromatic heterocycles. The Morgan fingerprint density at radius 3 is 1.91 bits per heavy atom. The number of nitrogens with one attached hydrogen (secondary N) is 1. The Balaban J connectivity index is 1.46. The van der Waals surface area contributed by atoms with Crippen LogP contribution in [0.25, 0.3) is 37.5 Å². The first-order chi connectivity index (χ1) is 36.3. The Morgan fingerprint density at radius 2 is 1.34 bits per heavy atom. The number of para-hydroxylation sites is 1. The number of benzene rings is 5. The number of halogens is 8. The second-order valence-electron chi connectivity index (χ2n) is 18.1. The van der Waals surface area contributed by atoms with E-state index in [2.05, 4.69) is 122 Å². The molecule has 0 saturated carbocycles. The Hall–Kier alpha value is -4.04. The van der Waals surface area contributed by atoms with E-state index in [1.165, 1.54) is 0 Å². The molecule has 1 atom stereocenters. The summed E-state index contributed by atoms with van der Waals surface area (Å²) in [5.41, 5.74) is 4.72. The lowest BCUT2D eigenvalue weighted by Crippen LogP contribution is -2.30. The van der Waals surface area contributed by atoms with Gasteiger partial charge in [0.1, 0.15) is 62.6 Å². The molecule has 77 heavy (non-hydrogen) atoms. The first-order valence-electron chi connectivity index (χ1n) is 24.4. The summed E-state index contributed by atoms with van der Waals surface area (Å²) < 4.78 is 143. The van der Waals surface area contributed by atoms with Gasteiger partial charge < -0.3 is 28.2 Å². The van der Waals surface area contributed by atoms with Crippen molar-refractivity contribution in [1.82, 2.24) is 9.89 Å². The van der Waals surface area contributed by atoms with Gasteiger partial charge in [0.2, 0.25) is 5.36 Å². The number of carbonyl (C=O) groups is 2. The number of ether oxygens (including phenoxy) is 2. The van der Waals surface area contributed by atoms with E-state index in [4.69, 9.17) is 13.9 Å². The molecule has 1 unspecified atom stereocenters. The van der Waals surface area contributed by atoms with Crippen LogP contribution in [0.2, 0.25) is 0 Å². The second-order valence-corrected chi connectivity index (χ2v) is 25.7. The van der Waals surface area contributed by atoms with Gasteiger partial charge >= 0.3 is 12.1 Å². The van der Waals surface area contributed by atoms with Crippen LogP contribution < -0.4 is 20.1 Å². The fourth-order valence-corrected chi connectivity index (χ4v) is 15.6. The predicted molar refractivity (Wildman–Crippen MR) is 307 cm³/mol. The van der Waals surface area contributed by atoms with Gasteiger partial charge in [0.25, 0.3) is 0 Å². The van der Waals surface area contributed by atoms with E-state index in [1.54, 1.807) is 32.0 Å². The zero-order chi connectivity index (χ0) is 57.0. The Labute approximate surface area is 483 Å². The lowest BCUT2D eigenvalue weighted by atomic mass is 9.91. The molecule has 0 spiro atoms. The smallest absolute Gasteiger partial charge is 0.407 e. The van der Waals surface area contributed by atoms with Crippen LogP contribution in [0.3, 0.4) is 0 Å². The number of rotatable bonds is 21. The molecule has 1 N–H and O–H groups in total. The fraction of sp³-hybridized carbons (Fsp3) is 0.377. The summed E-state index contributed by atoms with van der Waals surface area (Å²) in [6.07, 6.45) is -0.452. The minimum Gasteiger partial charge on any atom is -0.464 e. The number of alkyl carbamates (subject to hydrolysis) is 1. The molecule has 0 bridgehead atoms. The third-order valence-electron chi connectivity index (χ3n) is 12.6. The van der Waals surface area contributed by atoms with E-state index >= 15 is 17.6 Å². The third-order valence-corrected chi connectivity index (χ3v) is 22.0. The maximum Gasteiger partial charge on any atom is 0.407 e. The predicted octanol–water partition coefficient (Wildman–Crippen LogP) is 14.9. The monoisotopic (exact) mass is 1380 g/mol. The zero-order valence-corrected chi connectivity index (χ0v) is 52.1. The third kappa shape index (κ3) is 13.1. The standard InChI is InChI=1S/C53H56Br4F4N4O9S3/c1-10-29(9)52(66)72-22-21-62-53(67)73-23-24-75-49-44(58)46(60)51(47(61)45(49)59)77(70,71)63-76(68,69)50-39(40(54)41(55)42(56)43(50)57)38-34-19-17-30(64(11-2)12-3)25-36(34)74-37-26-31(18-20-35(37)38)65(13-4)48-32(27(5)6)15-14-16-33(48)28(7)8/h14-20,25-29H,10-13,21-24H2,1-9H3,(H,62,67). The first-order valence-corrected chi connectivity index (χ1v) is 31.5. The van der Waals surface area contributed by atoms with Crippen molar-refractivity contribution in [3.8, 4) is 22.5 Å². The number of sulfonamides is 2. The number of fused-ring (bicyclic) bond motifs is 2. The van der Waals surface area contributed by atoms with E-state index < -0.39 is 82.4 Å². The van der Waals surface area contributed by atoms with E-state index in [1.807, 2.05) is 45.0 Å². The van der Waals surface area contributed by atoms with Crippen molar-refractivity contribution in [3.05, 3.63) is 116 Å². The maximum absolute atomic E-state index is 15.9. The van der Waals surface area contributed by atoms with Gasteiger partial charge in [-0.05, 0) is 132 Å². The molecule has 24 heteroatoms. The number of hydrogen-bond acceptors (Lipinski definition) is 11. The largest absolute Gasteiger partial charge is 0.464 e. The average Bonchev–Trinajstić information content (AvgIpc) is 3.39. The van der Waals surface area contributed by atoms with Gasteiger partial charge in [-0.1, -0.05) is 59.7 Å². The Morgan fingerprint density at radius 1 is 0.740 bits per heavy atom. The van der Waals surface area contributed by atoms with E-state index in [0.29, 0.717) is 48.3 Å². The van der Waals surface area contributed by atoms with E-state index in [0.717, 1.165) is 27.9 Å². The van der Waals surface area contributed by atoms with E-state index in [-0.39, 0.29) is 71.7 Å². The molecule has 2 aliphatic rings. The topological polar surface area (TPSA) is 166 Å². The Kier molecular flexibility index (Phi) is 21.0. The molecule has 6 rings (SSSR count). The van der Waals surface area contributed by atoms with Gasteiger partial charge in [0.15, 0.2) is 23.3 Å². The molecule has 1 aliphatic heterocycles. The number of thioether (sulfide) groups is 1. The van der Waals surface area contributed by atoms with Gasteiger partial charge in [-0.25, -0.2) is 43.8 Å². The van der Waals surface area contributed by atoms with Crippen LogP contribution in [0.5, 0.6) is 0 Å². The summed E-state index contributed by atoms with van der Waals surface area (Å²) in [5.74, 6) is -9.91. The number of anilines is 2. The highest BCUT2D eigenvalue weighted by atomic mass is 79.9. The van der Waals surface area contributed by atoms with Crippen LogP contribution in [0, 0.1) is 29.2 Å². The summed E-state index contributed by atoms with van der Waals surface area (Å²) in [7, 11) is -11.9.